The molecule has 4 heteroatoms. The van der Waals surface area contributed by atoms with E-state index in [0.29, 0.717) is 11.7 Å². The summed E-state index contributed by atoms with van der Waals surface area (Å²) in [5, 5.41) is 19.0. The van der Waals surface area contributed by atoms with Crippen LogP contribution < -0.4 is 4.74 Å². The van der Waals surface area contributed by atoms with Crippen LogP contribution in [0.25, 0.3) is 0 Å². The number of phenols is 1. The van der Waals surface area contributed by atoms with Crippen molar-refractivity contribution in [2.75, 3.05) is 0 Å². The van der Waals surface area contributed by atoms with Gasteiger partial charge in [0.15, 0.2) is 0 Å². The molecule has 1 aliphatic rings. The lowest BCUT2D eigenvalue weighted by Crippen LogP contribution is -2.36. The maximum absolute atomic E-state index is 11.1. The fraction of sp³-hybridized carbons (Fsp3) is 0.750. The number of aryl methyl sites for hydroxylation is 2. The fourth-order valence-electron chi connectivity index (χ4n) is 5.00. The van der Waals surface area contributed by atoms with Gasteiger partial charge in [0.05, 0.1) is 5.92 Å². The summed E-state index contributed by atoms with van der Waals surface area (Å²) in [7, 11) is 0. The molecular weight excluding hydrogens is 400 g/mol. The number of hydrogen-bond acceptors (Lipinski definition) is 3. The number of fused-ring (bicyclic) bond motifs is 1. The highest BCUT2D eigenvalue weighted by Crippen LogP contribution is 2.40. The Labute approximate surface area is 195 Å². The molecule has 2 N–H and O–H groups in total. The highest BCUT2D eigenvalue weighted by Gasteiger charge is 2.32. The van der Waals surface area contributed by atoms with E-state index in [-0.39, 0.29) is 17.4 Å². The molecular formula is C28H46O4. The molecule has 4 unspecified atom stereocenters. The van der Waals surface area contributed by atoms with Crippen molar-refractivity contribution >= 4 is 5.97 Å². The Bertz CT molecular complexity index is 743. The number of benzene rings is 1. The molecule has 182 valence electrons. The number of hydrogen-bond donors (Lipinski definition) is 2. The maximum Gasteiger partial charge on any atom is 0.306 e. The zero-order chi connectivity index (χ0) is 23.9. The molecule has 0 saturated heterocycles. The Hall–Kier alpha value is -1.71. The summed E-state index contributed by atoms with van der Waals surface area (Å²) < 4.78 is 6.43. The Morgan fingerprint density at radius 3 is 2.31 bits per heavy atom. The molecule has 1 heterocycles. The van der Waals surface area contributed by atoms with Crippen molar-refractivity contribution < 1.29 is 19.7 Å². The van der Waals surface area contributed by atoms with Crippen LogP contribution in [0.5, 0.6) is 11.5 Å². The minimum atomic E-state index is -0.676. The fourth-order valence-corrected chi connectivity index (χ4v) is 5.00. The first-order valence-corrected chi connectivity index (χ1v) is 12.7. The van der Waals surface area contributed by atoms with Gasteiger partial charge in [0.25, 0.3) is 0 Å². The van der Waals surface area contributed by atoms with Gasteiger partial charge in [0.1, 0.15) is 17.1 Å². The van der Waals surface area contributed by atoms with E-state index >= 15 is 0 Å². The van der Waals surface area contributed by atoms with E-state index in [1.165, 1.54) is 32.1 Å². The second-order valence-electron chi connectivity index (χ2n) is 11.0. The first-order chi connectivity index (χ1) is 15.0. The third-order valence-corrected chi connectivity index (χ3v) is 7.76. The average Bonchev–Trinajstić information content (AvgIpc) is 2.72. The van der Waals surface area contributed by atoms with Gasteiger partial charge in [-0.05, 0) is 87.0 Å². The molecule has 0 amide bonds. The predicted molar refractivity (Wildman–Crippen MR) is 131 cm³/mol. The number of carboxylic acid groups (broad SMARTS) is 1. The quantitative estimate of drug-likeness (QED) is 0.328. The number of phenolic OH excluding ortho intramolecular Hbond substituents is 1. The Morgan fingerprint density at radius 1 is 1.03 bits per heavy atom. The van der Waals surface area contributed by atoms with Crippen LogP contribution in [0, 0.1) is 30.6 Å². The predicted octanol–water partition coefficient (Wildman–Crippen LogP) is 7.53. The smallest absolute Gasteiger partial charge is 0.306 e. The number of ether oxygens (including phenoxy) is 1. The van der Waals surface area contributed by atoms with Crippen LogP contribution in [0.1, 0.15) is 104 Å². The minimum absolute atomic E-state index is 0.104. The van der Waals surface area contributed by atoms with Crippen molar-refractivity contribution in [3.63, 3.8) is 0 Å². The van der Waals surface area contributed by atoms with Gasteiger partial charge in [-0.1, -0.05) is 59.8 Å². The van der Waals surface area contributed by atoms with E-state index in [0.717, 1.165) is 54.9 Å². The van der Waals surface area contributed by atoms with Crippen LogP contribution >= 0.6 is 0 Å². The maximum atomic E-state index is 11.1. The van der Waals surface area contributed by atoms with Crippen molar-refractivity contribution in [3.05, 3.63) is 23.3 Å². The lowest BCUT2D eigenvalue weighted by atomic mass is 9.85. The number of carboxylic acids is 1. The first-order valence-electron chi connectivity index (χ1n) is 12.7. The Kier molecular flexibility index (Phi) is 9.91. The Morgan fingerprint density at radius 2 is 1.66 bits per heavy atom. The van der Waals surface area contributed by atoms with Gasteiger partial charge in [-0.25, -0.2) is 0 Å². The second-order valence-corrected chi connectivity index (χ2v) is 11.0. The summed E-state index contributed by atoms with van der Waals surface area (Å²) in [6, 6.07) is 3.64. The molecule has 32 heavy (non-hydrogen) atoms. The normalized spacial score (nSPS) is 21.8. The van der Waals surface area contributed by atoms with Crippen molar-refractivity contribution in [1.82, 2.24) is 0 Å². The monoisotopic (exact) mass is 446 g/mol. The number of rotatable bonds is 13. The molecule has 0 aromatic heterocycles. The van der Waals surface area contributed by atoms with Crippen LogP contribution in [0.4, 0.5) is 0 Å². The van der Waals surface area contributed by atoms with Crippen molar-refractivity contribution in [3.8, 4) is 11.5 Å². The van der Waals surface area contributed by atoms with Gasteiger partial charge in [-0.2, -0.15) is 0 Å². The van der Waals surface area contributed by atoms with Gasteiger partial charge in [0.2, 0.25) is 0 Å². The van der Waals surface area contributed by atoms with E-state index in [1.54, 1.807) is 6.07 Å². The highest BCUT2D eigenvalue weighted by atomic mass is 16.5. The van der Waals surface area contributed by atoms with Gasteiger partial charge in [-0.15, -0.1) is 0 Å². The zero-order valence-corrected chi connectivity index (χ0v) is 21.2. The molecule has 4 nitrogen and oxygen atoms in total. The van der Waals surface area contributed by atoms with Crippen LogP contribution in [-0.4, -0.2) is 21.8 Å². The standard InChI is InChI=1S/C28H46O4/c1-19(9-7-10-20(2)12-13-21(3)23(5)27(30)31)11-8-15-28(6)16-14-24-18-25(29)17-22(4)26(24)32-28/h17-21,23,29H,7-16H2,1-6H3,(H,30,31)/t19?,20?,21-,23?,28?/m1/s1. The van der Waals surface area contributed by atoms with Crippen LogP contribution in [-0.2, 0) is 11.2 Å². The van der Waals surface area contributed by atoms with Gasteiger partial charge >= 0.3 is 5.97 Å². The molecule has 0 fully saturated rings. The summed E-state index contributed by atoms with van der Waals surface area (Å²) in [5.41, 5.74) is 2.06. The summed E-state index contributed by atoms with van der Waals surface area (Å²) in [5.74, 6) is 2.03. The first kappa shape index (κ1) is 26.5. The lowest BCUT2D eigenvalue weighted by molar-refractivity contribution is -0.142. The van der Waals surface area contributed by atoms with Gasteiger partial charge in [0, 0.05) is 0 Å². The number of aliphatic carboxylic acids is 1. The third-order valence-electron chi connectivity index (χ3n) is 7.76. The van der Waals surface area contributed by atoms with Crippen LogP contribution in [0.2, 0.25) is 0 Å². The summed E-state index contributed by atoms with van der Waals surface area (Å²) in [4.78, 5) is 11.1. The largest absolute Gasteiger partial charge is 0.508 e. The SMILES string of the molecule is Cc1cc(O)cc2c1OC(C)(CCCC(C)CCCC(C)CC[C@@H](C)C(C)C(=O)O)CC2. The average molecular weight is 447 g/mol. The number of carbonyl (C=O) groups is 1. The second kappa shape index (κ2) is 12.0. The summed E-state index contributed by atoms with van der Waals surface area (Å²) >= 11 is 0. The van der Waals surface area contributed by atoms with Crippen molar-refractivity contribution in [1.29, 1.82) is 0 Å². The van der Waals surface area contributed by atoms with E-state index in [9.17, 15) is 9.90 Å². The van der Waals surface area contributed by atoms with Crippen molar-refractivity contribution in [2.24, 2.45) is 23.7 Å². The zero-order valence-electron chi connectivity index (χ0n) is 21.2. The topological polar surface area (TPSA) is 66.8 Å². The Balaban J connectivity index is 1.64. The van der Waals surface area contributed by atoms with E-state index in [1.807, 2.05) is 19.9 Å². The molecule has 1 aliphatic heterocycles. The molecule has 5 atom stereocenters. The van der Waals surface area contributed by atoms with E-state index in [4.69, 9.17) is 9.84 Å². The molecule has 1 aromatic rings. The van der Waals surface area contributed by atoms with Gasteiger partial charge in [-0.3, -0.25) is 4.79 Å². The van der Waals surface area contributed by atoms with Crippen LogP contribution in [0.3, 0.4) is 0 Å². The lowest BCUT2D eigenvalue weighted by Gasteiger charge is -2.37. The number of aromatic hydroxyl groups is 1. The van der Waals surface area contributed by atoms with E-state index in [2.05, 4.69) is 27.7 Å². The molecule has 0 aliphatic carbocycles. The van der Waals surface area contributed by atoms with Gasteiger partial charge < -0.3 is 14.9 Å². The summed E-state index contributed by atoms with van der Waals surface area (Å²) in [6.45, 7) is 12.8. The highest BCUT2D eigenvalue weighted by molar-refractivity contribution is 5.69. The molecule has 2 rings (SSSR count). The molecule has 0 radical (unpaired) electrons. The third kappa shape index (κ3) is 8.01. The molecule has 0 spiro atoms. The van der Waals surface area contributed by atoms with Crippen LogP contribution in [0.15, 0.2) is 12.1 Å². The minimum Gasteiger partial charge on any atom is -0.508 e. The molecule has 0 saturated carbocycles. The summed E-state index contributed by atoms with van der Waals surface area (Å²) in [6.07, 6.45) is 11.4. The van der Waals surface area contributed by atoms with Crippen molar-refractivity contribution in [2.45, 2.75) is 111 Å². The molecule has 0 bridgehead atoms. The molecule has 1 aromatic carbocycles. The van der Waals surface area contributed by atoms with E-state index < -0.39 is 5.97 Å².